The number of thiocarbonyl (C=S) groups is 1. The average Bonchev–Trinajstić information content (AvgIpc) is 3.18. The van der Waals surface area contributed by atoms with Crippen molar-refractivity contribution in [2.75, 3.05) is 10.0 Å². The molecular formula is C20H24N2O5S3. The Hall–Kier alpha value is -1.88. The van der Waals surface area contributed by atoms with E-state index in [-0.39, 0.29) is 27.7 Å². The van der Waals surface area contributed by atoms with Gasteiger partial charge in [0.25, 0.3) is 15.2 Å². The van der Waals surface area contributed by atoms with Gasteiger partial charge in [0.1, 0.15) is 16.1 Å². The van der Waals surface area contributed by atoms with Gasteiger partial charge in [-0.05, 0) is 67.9 Å². The second-order valence-electron chi connectivity index (χ2n) is 7.64. The zero-order chi connectivity index (χ0) is 21.3. The number of sulfonamides is 1. The molecule has 2 aliphatic rings. The number of hydrogen-bond acceptors (Lipinski definition) is 7. The van der Waals surface area contributed by atoms with E-state index in [1.807, 2.05) is 6.92 Å². The second-order valence-corrected chi connectivity index (χ2v) is 10.9. The second kappa shape index (κ2) is 8.70. The van der Waals surface area contributed by atoms with Crippen LogP contribution in [-0.2, 0) is 21.2 Å². The maximum absolute atomic E-state index is 12.9. The van der Waals surface area contributed by atoms with Crippen molar-refractivity contribution in [2.24, 2.45) is 0 Å². The van der Waals surface area contributed by atoms with Gasteiger partial charge in [-0.1, -0.05) is 6.07 Å². The fourth-order valence-corrected chi connectivity index (χ4v) is 6.04. The van der Waals surface area contributed by atoms with Crippen LogP contribution in [-0.4, -0.2) is 37.0 Å². The Morgan fingerprint density at radius 3 is 2.77 bits per heavy atom. The molecule has 2 heterocycles. The van der Waals surface area contributed by atoms with E-state index in [1.54, 1.807) is 29.6 Å². The van der Waals surface area contributed by atoms with Crippen molar-refractivity contribution in [1.29, 1.82) is 0 Å². The first-order valence-corrected chi connectivity index (χ1v) is 12.6. The van der Waals surface area contributed by atoms with Gasteiger partial charge in [0.2, 0.25) is 0 Å². The molecule has 3 N–H and O–H groups in total. The molecule has 1 saturated carbocycles. The molecule has 10 heteroatoms. The predicted octanol–water partition coefficient (Wildman–Crippen LogP) is 3.89. The minimum Gasteiger partial charge on any atom is -0.488 e. The first kappa shape index (κ1) is 21.4. The highest BCUT2D eigenvalue weighted by Crippen LogP contribution is 2.37. The van der Waals surface area contributed by atoms with Crippen LogP contribution in [0.4, 0.5) is 11.4 Å². The SMILES string of the molecule is CC1Cc2cc(NS(=O)(=O)c3cccs3)c(OC3CCC(O)CC3)cc2NC(=S)O1. The van der Waals surface area contributed by atoms with Gasteiger partial charge < -0.3 is 19.9 Å². The molecule has 0 radical (unpaired) electrons. The van der Waals surface area contributed by atoms with E-state index in [0.717, 1.165) is 22.6 Å². The van der Waals surface area contributed by atoms with Crippen LogP contribution in [0.1, 0.15) is 38.2 Å². The van der Waals surface area contributed by atoms with Crippen LogP contribution in [0.3, 0.4) is 0 Å². The Morgan fingerprint density at radius 2 is 2.07 bits per heavy atom. The van der Waals surface area contributed by atoms with Gasteiger partial charge >= 0.3 is 0 Å². The van der Waals surface area contributed by atoms with Crippen LogP contribution >= 0.6 is 23.6 Å². The number of aliphatic hydroxyl groups excluding tert-OH is 1. The van der Waals surface area contributed by atoms with Gasteiger partial charge in [-0.25, -0.2) is 8.42 Å². The number of ether oxygens (including phenoxy) is 2. The minimum atomic E-state index is -3.73. The van der Waals surface area contributed by atoms with Crippen LogP contribution in [0.25, 0.3) is 0 Å². The molecule has 0 amide bonds. The number of thiophene rings is 1. The summed E-state index contributed by atoms with van der Waals surface area (Å²) in [5.41, 5.74) is 2.02. The number of fused-ring (bicyclic) bond motifs is 1. The van der Waals surface area contributed by atoms with E-state index < -0.39 is 10.0 Å². The van der Waals surface area contributed by atoms with Crippen LogP contribution in [0, 0.1) is 0 Å². The molecule has 1 atom stereocenters. The van der Waals surface area contributed by atoms with Gasteiger partial charge in [-0.3, -0.25) is 4.72 Å². The highest BCUT2D eigenvalue weighted by atomic mass is 32.2. The van der Waals surface area contributed by atoms with Crippen molar-refractivity contribution in [2.45, 2.75) is 61.5 Å². The fraction of sp³-hybridized carbons (Fsp3) is 0.450. The van der Waals surface area contributed by atoms with Gasteiger partial charge in [0, 0.05) is 18.2 Å². The number of anilines is 2. The third kappa shape index (κ3) is 4.88. The molecule has 4 rings (SSSR count). The third-order valence-electron chi connectivity index (χ3n) is 5.20. The molecule has 1 aromatic carbocycles. The van der Waals surface area contributed by atoms with Crippen LogP contribution < -0.4 is 14.8 Å². The quantitative estimate of drug-likeness (QED) is 0.573. The Balaban J connectivity index is 1.69. The molecular weight excluding hydrogens is 444 g/mol. The normalized spacial score (nSPS) is 24.2. The summed E-state index contributed by atoms with van der Waals surface area (Å²) in [6, 6.07) is 6.83. The molecule has 162 valence electrons. The standard InChI is InChI=1S/C20H24N2O5S3/c1-12-9-13-10-17(22-30(24,25)19-3-2-8-29-19)18(11-16(13)21-20(28)26-12)27-15-6-4-14(23)5-7-15/h2-3,8,10-12,14-15,22-23H,4-7,9H2,1H3,(H,21,28). The molecule has 0 spiro atoms. The van der Waals surface area contributed by atoms with E-state index >= 15 is 0 Å². The number of rotatable bonds is 5. The minimum absolute atomic E-state index is 0.0932. The predicted molar refractivity (Wildman–Crippen MR) is 121 cm³/mol. The van der Waals surface area contributed by atoms with Crippen molar-refractivity contribution >= 4 is 50.1 Å². The summed E-state index contributed by atoms with van der Waals surface area (Å²) in [5, 5.41) is 14.8. The van der Waals surface area contributed by atoms with E-state index in [4.69, 9.17) is 21.7 Å². The van der Waals surface area contributed by atoms with E-state index in [1.165, 1.54) is 0 Å². The van der Waals surface area contributed by atoms with Crippen molar-refractivity contribution < 1.29 is 23.0 Å². The maximum atomic E-state index is 12.9. The molecule has 1 fully saturated rings. The smallest absolute Gasteiger partial charge is 0.271 e. The number of aliphatic hydroxyl groups is 1. The highest BCUT2D eigenvalue weighted by molar-refractivity contribution is 7.94. The van der Waals surface area contributed by atoms with Gasteiger partial charge in [0.05, 0.1) is 17.9 Å². The van der Waals surface area contributed by atoms with Crippen LogP contribution in [0.15, 0.2) is 33.9 Å². The maximum Gasteiger partial charge on any atom is 0.271 e. The van der Waals surface area contributed by atoms with E-state index in [9.17, 15) is 13.5 Å². The largest absolute Gasteiger partial charge is 0.488 e. The Bertz CT molecular complexity index is 1020. The molecule has 2 aromatic rings. The van der Waals surface area contributed by atoms with E-state index in [0.29, 0.717) is 43.5 Å². The average molecular weight is 469 g/mol. The number of hydrogen-bond donors (Lipinski definition) is 3. The summed E-state index contributed by atoms with van der Waals surface area (Å²) in [7, 11) is -3.73. The molecule has 0 saturated heterocycles. The number of nitrogens with one attached hydrogen (secondary N) is 2. The Morgan fingerprint density at radius 1 is 1.30 bits per heavy atom. The first-order valence-electron chi connectivity index (χ1n) is 9.86. The first-order chi connectivity index (χ1) is 14.3. The molecule has 1 aliphatic carbocycles. The van der Waals surface area contributed by atoms with Gasteiger partial charge in [0.15, 0.2) is 0 Å². The summed E-state index contributed by atoms with van der Waals surface area (Å²) >= 11 is 6.38. The Labute approximate surface area is 185 Å². The summed E-state index contributed by atoms with van der Waals surface area (Å²) in [6.07, 6.45) is 2.80. The fourth-order valence-electron chi connectivity index (χ4n) is 3.71. The molecule has 0 bridgehead atoms. The van der Waals surface area contributed by atoms with E-state index in [2.05, 4.69) is 10.0 Å². The lowest BCUT2D eigenvalue weighted by molar-refractivity contribution is 0.0670. The van der Waals surface area contributed by atoms with Crippen molar-refractivity contribution in [3.05, 3.63) is 35.2 Å². The molecule has 1 unspecified atom stereocenters. The van der Waals surface area contributed by atoms with Crippen molar-refractivity contribution in [3.8, 4) is 5.75 Å². The zero-order valence-electron chi connectivity index (χ0n) is 16.5. The molecule has 7 nitrogen and oxygen atoms in total. The van der Waals surface area contributed by atoms with Crippen LogP contribution in [0.2, 0.25) is 0 Å². The summed E-state index contributed by atoms with van der Waals surface area (Å²) in [4.78, 5) is 0. The molecule has 1 aliphatic heterocycles. The lowest BCUT2D eigenvalue weighted by Crippen LogP contribution is -2.27. The number of benzene rings is 1. The molecule has 30 heavy (non-hydrogen) atoms. The molecule has 1 aromatic heterocycles. The van der Waals surface area contributed by atoms with Gasteiger partial charge in [-0.2, -0.15) is 0 Å². The lowest BCUT2D eigenvalue weighted by atomic mass is 9.95. The van der Waals surface area contributed by atoms with Gasteiger partial charge in [-0.15, -0.1) is 11.3 Å². The summed E-state index contributed by atoms with van der Waals surface area (Å²) in [5.74, 6) is 0.431. The Kier molecular flexibility index (Phi) is 6.19. The van der Waals surface area contributed by atoms with Crippen molar-refractivity contribution in [1.82, 2.24) is 0 Å². The highest BCUT2D eigenvalue weighted by Gasteiger charge is 2.26. The monoisotopic (exact) mass is 468 g/mol. The summed E-state index contributed by atoms with van der Waals surface area (Å²) < 4.78 is 40.4. The zero-order valence-corrected chi connectivity index (χ0v) is 18.9. The third-order valence-corrected chi connectivity index (χ3v) is 8.16. The lowest BCUT2D eigenvalue weighted by Gasteiger charge is -2.27. The van der Waals surface area contributed by atoms with Crippen molar-refractivity contribution in [3.63, 3.8) is 0 Å². The van der Waals surface area contributed by atoms with Crippen LogP contribution in [0.5, 0.6) is 5.75 Å². The topological polar surface area (TPSA) is 96.9 Å². The summed E-state index contributed by atoms with van der Waals surface area (Å²) in [6.45, 7) is 1.91.